The Balaban J connectivity index is 2.10. The van der Waals surface area contributed by atoms with E-state index in [2.05, 4.69) is 0 Å². The molecular formula is C8H13NO3. The van der Waals surface area contributed by atoms with Gasteiger partial charge in [0.2, 0.25) is 5.91 Å². The Hall–Kier alpha value is -1.06. The normalized spacial score (nSPS) is 17.2. The average Bonchev–Trinajstić information content (AvgIpc) is 1.82. The maximum Gasteiger partial charge on any atom is 0.303 e. The minimum Gasteiger partial charge on any atom is -0.481 e. The van der Waals surface area contributed by atoms with Crippen molar-refractivity contribution >= 4 is 11.9 Å². The molecule has 0 aromatic rings. The van der Waals surface area contributed by atoms with Crippen LogP contribution in [-0.4, -0.2) is 35.0 Å². The van der Waals surface area contributed by atoms with Gasteiger partial charge in [-0.1, -0.05) is 0 Å². The maximum absolute atomic E-state index is 10.7. The number of aliphatic carboxylic acids is 1. The maximum atomic E-state index is 10.7. The van der Waals surface area contributed by atoms with Crippen molar-refractivity contribution in [1.29, 1.82) is 0 Å². The summed E-state index contributed by atoms with van der Waals surface area (Å²) in [7, 11) is 0. The predicted octanol–water partition coefficient (Wildman–Crippen LogP) is 0.329. The number of carbonyl (C=O) groups excluding carboxylic acids is 1. The van der Waals surface area contributed by atoms with Gasteiger partial charge in [-0.05, 0) is 12.3 Å². The lowest BCUT2D eigenvalue weighted by Gasteiger charge is -2.38. The van der Waals surface area contributed by atoms with Crippen LogP contribution in [0.1, 0.15) is 19.8 Å². The van der Waals surface area contributed by atoms with Gasteiger partial charge in [-0.3, -0.25) is 9.59 Å². The zero-order chi connectivity index (χ0) is 9.14. The second-order valence-corrected chi connectivity index (χ2v) is 3.22. The Labute approximate surface area is 71.2 Å². The summed E-state index contributed by atoms with van der Waals surface area (Å²) in [5.41, 5.74) is 0. The first-order chi connectivity index (χ1) is 5.59. The second kappa shape index (κ2) is 3.56. The molecule has 1 fully saturated rings. The summed E-state index contributed by atoms with van der Waals surface area (Å²) >= 11 is 0. The molecular weight excluding hydrogens is 158 g/mol. The van der Waals surface area contributed by atoms with Gasteiger partial charge in [0.05, 0.1) is 0 Å². The van der Waals surface area contributed by atoms with Gasteiger partial charge < -0.3 is 10.0 Å². The van der Waals surface area contributed by atoms with E-state index < -0.39 is 5.97 Å². The molecule has 0 bridgehead atoms. The number of nitrogens with zero attached hydrogens (tertiary/aromatic N) is 1. The van der Waals surface area contributed by atoms with Gasteiger partial charge in [0.15, 0.2) is 0 Å². The molecule has 1 aliphatic rings. The lowest BCUT2D eigenvalue weighted by molar-refractivity contribution is -0.138. The minimum absolute atomic E-state index is 0.0848. The number of carboxylic acids is 1. The van der Waals surface area contributed by atoms with Crippen molar-refractivity contribution < 1.29 is 14.7 Å². The molecule has 12 heavy (non-hydrogen) atoms. The van der Waals surface area contributed by atoms with Crippen LogP contribution in [0.3, 0.4) is 0 Å². The van der Waals surface area contributed by atoms with Gasteiger partial charge in [-0.2, -0.15) is 0 Å². The fraction of sp³-hybridized carbons (Fsp3) is 0.750. The van der Waals surface area contributed by atoms with E-state index >= 15 is 0 Å². The van der Waals surface area contributed by atoms with E-state index in [1.54, 1.807) is 4.90 Å². The van der Waals surface area contributed by atoms with Crippen molar-refractivity contribution in [3.63, 3.8) is 0 Å². The monoisotopic (exact) mass is 171 g/mol. The topological polar surface area (TPSA) is 57.6 Å². The van der Waals surface area contributed by atoms with E-state index in [-0.39, 0.29) is 12.3 Å². The SMILES string of the molecule is CC(=O)N1CC(CCC(=O)O)C1. The number of hydrogen-bond donors (Lipinski definition) is 1. The lowest BCUT2D eigenvalue weighted by Crippen LogP contribution is -2.49. The van der Waals surface area contributed by atoms with Crippen molar-refractivity contribution in [3.05, 3.63) is 0 Å². The smallest absolute Gasteiger partial charge is 0.303 e. The molecule has 1 saturated heterocycles. The highest BCUT2D eigenvalue weighted by molar-refractivity contribution is 5.74. The van der Waals surface area contributed by atoms with E-state index in [0.29, 0.717) is 12.3 Å². The summed E-state index contributed by atoms with van der Waals surface area (Å²) in [6.45, 7) is 3.01. The van der Waals surface area contributed by atoms with Gasteiger partial charge in [0.1, 0.15) is 0 Å². The zero-order valence-electron chi connectivity index (χ0n) is 7.12. The van der Waals surface area contributed by atoms with E-state index in [9.17, 15) is 9.59 Å². The molecule has 0 aromatic carbocycles. The van der Waals surface area contributed by atoms with Crippen LogP contribution in [0.2, 0.25) is 0 Å². The molecule has 0 saturated carbocycles. The summed E-state index contributed by atoms with van der Waals surface area (Å²) in [4.78, 5) is 22.6. The van der Waals surface area contributed by atoms with Crippen molar-refractivity contribution in [2.45, 2.75) is 19.8 Å². The third-order valence-corrected chi connectivity index (χ3v) is 2.17. The molecule has 0 radical (unpaired) electrons. The summed E-state index contributed by atoms with van der Waals surface area (Å²) in [5.74, 6) is -0.261. The molecule has 68 valence electrons. The molecule has 0 unspecified atom stereocenters. The largest absolute Gasteiger partial charge is 0.481 e. The van der Waals surface area contributed by atoms with Crippen molar-refractivity contribution in [2.75, 3.05) is 13.1 Å². The predicted molar refractivity (Wildman–Crippen MR) is 42.6 cm³/mol. The van der Waals surface area contributed by atoms with Crippen LogP contribution >= 0.6 is 0 Å². The molecule has 4 heteroatoms. The Morgan fingerprint density at radius 2 is 2.08 bits per heavy atom. The second-order valence-electron chi connectivity index (χ2n) is 3.22. The summed E-state index contributed by atoms with van der Waals surface area (Å²) in [5, 5.41) is 8.38. The average molecular weight is 171 g/mol. The Morgan fingerprint density at radius 3 is 2.50 bits per heavy atom. The summed E-state index contributed by atoms with van der Waals surface area (Å²) in [6, 6.07) is 0. The summed E-state index contributed by atoms with van der Waals surface area (Å²) < 4.78 is 0. The highest BCUT2D eigenvalue weighted by Gasteiger charge is 2.28. The number of rotatable bonds is 3. The first-order valence-electron chi connectivity index (χ1n) is 4.07. The third-order valence-electron chi connectivity index (χ3n) is 2.17. The van der Waals surface area contributed by atoms with Gasteiger partial charge in [-0.25, -0.2) is 0 Å². The fourth-order valence-corrected chi connectivity index (χ4v) is 1.34. The van der Waals surface area contributed by atoms with Crippen molar-refractivity contribution in [1.82, 2.24) is 4.90 Å². The quantitative estimate of drug-likeness (QED) is 0.665. The number of hydrogen-bond acceptors (Lipinski definition) is 2. The summed E-state index contributed by atoms with van der Waals surface area (Å²) in [6.07, 6.45) is 0.912. The van der Waals surface area contributed by atoms with E-state index in [0.717, 1.165) is 13.1 Å². The van der Waals surface area contributed by atoms with E-state index in [1.807, 2.05) is 0 Å². The standard InChI is InChI=1S/C8H13NO3/c1-6(10)9-4-7(5-9)2-3-8(11)12/h7H,2-5H2,1H3,(H,11,12). The van der Waals surface area contributed by atoms with Crippen LogP contribution in [-0.2, 0) is 9.59 Å². The first-order valence-corrected chi connectivity index (χ1v) is 4.07. The number of likely N-dealkylation sites (tertiary alicyclic amines) is 1. The van der Waals surface area contributed by atoms with E-state index in [4.69, 9.17) is 5.11 Å². The molecule has 1 amide bonds. The molecule has 1 N–H and O–H groups in total. The highest BCUT2D eigenvalue weighted by Crippen LogP contribution is 2.20. The van der Waals surface area contributed by atoms with E-state index in [1.165, 1.54) is 6.92 Å². The third kappa shape index (κ3) is 2.22. The number of carbonyl (C=O) groups is 2. The molecule has 4 nitrogen and oxygen atoms in total. The molecule has 1 rings (SSSR count). The van der Waals surface area contributed by atoms with Crippen LogP contribution in [0.15, 0.2) is 0 Å². The Bertz CT molecular complexity index is 194. The molecule has 1 aliphatic heterocycles. The fourth-order valence-electron chi connectivity index (χ4n) is 1.34. The van der Waals surface area contributed by atoms with Gasteiger partial charge in [0, 0.05) is 26.4 Å². The number of amides is 1. The first kappa shape index (κ1) is 9.03. The Kier molecular flexibility index (Phi) is 2.68. The van der Waals surface area contributed by atoms with Crippen LogP contribution in [0.4, 0.5) is 0 Å². The zero-order valence-corrected chi connectivity index (χ0v) is 7.12. The van der Waals surface area contributed by atoms with Crippen molar-refractivity contribution in [2.24, 2.45) is 5.92 Å². The molecule has 0 aromatic heterocycles. The lowest BCUT2D eigenvalue weighted by atomic mass is 9.95. The van der Waals surface area contributed by atoms with Gasteiger partial charge >= 0.3 is 5.97 Å². The van der Waals surface area contributed by atoms with Crippen LogP contribution in [0.5, 0.6) is 0 Å². The van der Waals surface area contributed by atoms with Crippen LogP contribution in [0, 0.1) is 5.92 Å². The van der Waals surface area contributed by atoms with Crippen LogP contribution < -0.4 is 0 Å². The van der Waals surface area contributed by atoms with Crippen molar-refractivity contribution in [3.8, 4) is 0 Å². The molecule has 0 atom stereocenters. The van der Waals surface area contributed by atoms with Crippen LogP contribution in [0.25, 0.3) is 0 Å². The highest BCUT2D eigenvalue weighted by atomic mass is 16.4. The van der Waals surface area contributed by atoms with Gasteiger partial charge in [-0.15, -0.1) is 0 Å². The molecule has 0 spiro atoms. The number of carboxylic acid groups (broad SMARTS) is 1. The van der Waals surface area contributed by atoms with Gasteiger partial charge in [0.25, 0.3) is 0 Å². The molecule has 1 heterocycles. The Morgan fingerprint density at radius 1 is 1.50 bits per heavy atom. The minimum atomic E-state index is -0.753. The molecule has 0 aliphatic carbocycles.